The summed E-state index contributed by atoms with van der Waals surface area (Å²) in [5.41, 5.74) is 1.40. The maximum absolute atomic E-state index is 11.7. The van der Waals surface area contributed by atoms with Crippen molar-refractivity contribution >= 4 is 35.8 Å². The summed E-state index contributed by atoms with van der Waals surface area (Å²) in [5, 5.41) is 3.32. The number of guanidine groups is 1. The lowest BCUT2D eigenvalue weighted by Crippen LogP contribution is -2.53. The average molecular weight is 487 g/mol. The Hall–Kier alpha value is -1.35. The lowest BCUT2D eigenvalue weighted by Gasteiger charge is -2.40. The smallest absolute Gasteiger partial charge is 0.223 e. The van der Waals surface area contributed by atoms with Gasteiger partial charge in [0.05, 0.1) is 0 Å². The van der Waals surface area contributed by atoms with Gasteiger partial charge in [-0.3, -0.25) is 14.7 Å². The van der Waals surface area contributed by atoms with Crippen LogP contribution in [0.3, 0.4) is 0 Å². The number of nitrogens with one attached hydrogen (secondary N) is 1. The van der Waals surface area contributed by atoms with E-state index in [1.807, 2.05) is 0 Å². The number of rotatable bonds is 6. The molecular weight excluding hydrogens is 453 g/mol. The predicted octanol–water partition coefficient (Wildman–Crippen LogP) is 2.43. The SMILES string of the molecule is CCC(c1ccccc1)N1CCN(C(=NC)NCCC(=O)N(C)C)CC1.I. The molecule has 0 aromatic heterocycles. The van der Waals surface area contributed by atoms with Crippen LogP contribution in [0.25, 0.3) is 0 Å². The van der Waals surface area contributed by atoms with E-state index in [0.29, 0.717) is 19.0 Å². The van der Waals surface area contributed by atoms with Gasteiger partial charge in [0, 0.05) is 66.3 Å². The number of benzene rings is 1. The van der Waals surface area contributed by atoms with Crippen molar-refractivity contribution in [3.63, 3.8) is 0 Å². The van der Waals surface area contributed by atoms with Crippen molar-refractivity contribution in [1.29, 1.82) is 0 Å². The van der Waals surface area contributed by atoms with Crippen molar-refractivity contribution in [1.82, 2.24) is 20.0 Å². The van der Waals surface area contributed by atoms with Crippen LogP contribution >= 0.6 is 24.0 Å². The molecule has 1 aromatic rings. The van der Waals surface area contributed by atoms with Gasteiger partial charge in [-0.1, -0.05) is 37.3 Å². The first-order valence-corrected chi connectivity index (χ1v) is 9.51. The highest BCUT2D eigenvalue weighted by atomic mass is 127. The van der Waals surface area contributed by atoms with E-state index in [2.05, 4.69) is 57.4 Å². The molecule has 1 amide bonds. The van der Waals surface area contributed by atoms with Crippen molar-refractivity contribution in [3.05, 3.63) is 35.9 Å². The van der Waals surface area contributed by atoms with Crippen molar-refractivity contribution in [2.75, 3.05) is 53.9 Å². The molecule has 0 saturated carbocycles. The molecule has 1 aromatic carbocycles. The van der Waals surface area contributed by atoms with Gasteiger partial charge in [0.2, 0.25) is 5.91 Å². The molecule has 1 aliphatic rings. The van der Waals surface area contributed by atoms with Gasteiger partial charge < -0.3 is 15.1 Å². The maximum Gasteiger partial charge on any atom is 0.223 e. The van der Waals surface area contributed by atoms with Gasteiger partial charge in [0.15, 0.2) is 5.96 Å². The number of hydrogen-bond donors (Lipinski definition) is 1. The lowest BCUT2D eigenvalue weighted by molar-refractivity contribution is -0.128. The number of carbonyl (C=O) groups is 1. The van der Waals surface area contributed by atoms with Crippen molar-refractivity contribution in [3.8, 4) is 0 Å². The topological polar surface area (TPSA) is 51.2 Å². The van der Waals surface area contributed by atoms with E-state index in [9.17, 15) is 4.79 Å². The molecule has 1 aliphatic heterocycles. The fourth-order valence-electron chi connectivity index (χ4n) is 3.46. The molecular formula is C20H34IN5O. The Kier molecular flexibility index (Phi) is 10.7. The quantitative estimate of drug-likeness (QED) is 0.381. The minimum absolute atomic E-state index is 0. The monoisotopic (exact) mass is 487 g/mol. The van der Waals surface area contributed by atoms with Crippen LogP contribution in [0, 0.1) is 0 Å². The van der Waals surface area contributed by atoms with Gasteiger partial charge in [0.25, 0.3) is 0 Å². The second kappa shape index (κ2) is 12.2. The van der Waals surface area contributed by atoms with E-state index < -0.39 is 0 Å². The third kappa shape index (κ3) is 6.95. The van der Waals surface area contributed by atoms with Gasteiger partial charge in [-0.15, -0.1) is 24.0 Å². The Morgan fingerprint density at radius 2 is 1.81 bits per heavy atom. The van der Waals surface area contributed by atoms with E-state index in [1.165, 1.54) is 5.56 Å². The first-order valence-electron chi connectivity index (χ1n) is 9.51. The van der Waals surface area contributed by atoms with Gasteiger partial charge in [0.1, 0.15) is 0 Å². The van der Waals surface area contributed by atoms with Crippen LogP contribution in [0.2, 0.25) is 0 Å². The molecule has 0 radical (unpaired) electrons. The summed E-state index contributed by atoms with van der Waals surface area (Å²) in [6.45, 7) is 6.81. The molecule has 1 atom stereocenters. The van der Waals surface area contributed by atoms with Crippen molar-refractivity contribution in [2.45, 2.75) is 25.8 Å². The second-order valence-corrected chi connectivity index (χ2v) is 6.87. The average Bonchev–Trinajstić information content (AvgIpc) is 2.67. The fourth-order valence-corrected chi connectivity index (χ4v) is 3.46. The number of carbonyl (C=O) groups excluding carboxylic acids is 1. The van der Waals surface area contributed by atoms with E-state index in [0.717, 1.165) is 38.6 Å². The predicted molar refractivity (Wildman–Crippen MR) is 123 cm³/mol. The Balaban J connectivity index is 0.00000364. The van der Waals surface area contributed by atoms with Crippen molar-refractivity contribution < 1.29 is 4.79 Å². The van der Waals surface area contributed by atoms with Crippen LogP contribution in [0.1, 0.15) is 31.4 Å². The maximum atomic E-state index is 11.7. The highest BCUT2D eigenvalue weighted by Crippen LogP contribution is 2.25. The summed E-state index contributed by atoms with van der Waals surface area (Å²) in [5.74, 6) is 1.02. The number of nitrogens with zero attached hydrogens (tertiary/aromatic N) is 4. The molecule has 1 heterocycles. The van der Waals surface area contributed by atoms with E-state index in [-0.39, 0.29) is 29.9 Å². The largest absolute Gasteiger partial charge is 0.356 e. The molecule has 1 saturated heterocycles. The summed E-state index contributed by atoms with van der Waals surface area (Å²) in [4.78, 5) is 22.6. The summed E-state index contributed by atoms with van der Waals surface area (Å²) in [6.07, 6.45) is 1.60. The normalized spacial score (nSPS) is 16.4. The summed E-state index contributed by atoms with van der Waals surface area (Å²) in [6, 6.07) is 11.2. The van der Waals surface area contributed by atoms with Gasteiger partial charge >= 0.3 is 0 Å². The molecule has 1 N–H and O–H groups in total. The third-order valence-electron chi connectivity index (χ3n) is 4.96. The summed E-state index contributed by atoms with van der Waals surface area (Å²) >= 11 is 0. The Labute approximate surface area is 181 Å². The molecule has 6 nitrogen and oxygen atoms in total. The highest BCUT2D eigenvalue weighted by Gasteiger charge is 2.25. The zero-order valence-electron chi connectivity index (χ0n) is 17.0. The molecule has 0 aliphatic carbocycles. The second-order valence-electron chi connectivity index (χ2n) is 6.87. The van der Waals surface area contributed by atoms with E-state index in [1.54, 1.807) is 26.0 Å². The number of amides is 1. The molecule has 27 heavy (non-hydrogen) atoms. The van der Waals surface area contributed by atoms with Crippen molar-refractivity contribution in [2.24, 2.45) is 4.99 Å². The standard InChI is InChI=1S/C20H33N5O.HI/c1-5-18(17-9-7-6-8-10-17)24-13-15-25(16-14-24)20(21-2)22-12-11-19(26)23(3)4;/h6-10,18H,5,11-16H2,1-4H3,(H,21,22);1H. The minimum atomic E-state index is 0. The molecule has 152 valence electrons. The third-order valence-corrected chi connectivity index (χ3v) is 4.96. The number of aliphatic imine (C=N–C) groups is 1. The lowest BCUT2D eigenvalue weighted by atomic mass is 10.0. The Morgan fingerprint density at radius 1 is 1.19 bits per heavy atom. The van der Waals surface area contributed by atoms with Crippen LogP contribution in [-0.2, 0) is 4.79 Å². The number of piperazine rings is 1. The zero-order valence-corrected chi connectivity index (χ0v) is 19.3. The summed E-state index contributed by atoms with van der Waals surface area (Å²) in [7, 11) is 5.38. The van der Waals surface area contributed by atoms with Crippen LogP contribution < -0.4 is 5.32 Å². The van der Waals surface area contributed by atoms with Crippen LogP contribution in [0.4, 0.5) is 0 Å². The Bertz CT molecular complexity index is 585. The van der Waals surface area contributed by atoms with Gasteiger partial charge in [-0.25, -0.2) is 0 Å². The number of hydrogen-bond acceptors (Lipinski definition) is 3. The van der Waals surface area contributed by atoms with Gasteiger partial charge in [-0.05, 0) is 12.0 Å². The Morgan fingerprint density at radius 3 is 2.33 bits per heavy atom. The fraction of sp³-hybridized carbons (Fsp3) is 0.600. The first-order chi connectivity index (χ1) is 12.6. The molecule has 0 bridgehead atoms. The zero-order chi connectivity index (χ0) is 18.9. The molecule has 0 spiro atoms. The summed E-state index contributed by atoms with van der Waals surface area (Å²) < 4.78 is 0. The highest BCUT2D eigenvalue weighted by molar-refractivity contribution is 14.0. The van der Waals surface area contributed by atoms with Crippen LogP contribution in [0.15, 0.2) is 35.3 Å². The molecule has 1 fully saturated rings. The minimum Gasteiger partial charge on any atom is -0.356 e. The molecule has 1 unspecified atom stereocenters. The first kappa shape index (κ1) is 23.7. The van der Waals surface area contributed by atoms with Crippen LogP contribution in [-0.4, -0.2) is 80.4 Å². The molecule has 7 heteroatoms. The van der Waals surface area contributed by atoms with Crippen LogP contribution in [0.5, 0.6) is 0 Å². The number of halogens is 1. The molecule has 2 rings (SSSR count). The van der Waals surface area contributed by atoms with Gasteiger partial charge in [-0.2, -0.15) is 0 Å². The van der Waals surface area contributed by atoms with E-state index >= 15 is 0 Å². The van der Waals surface area contributed by atoms with E-state index in [4.69, 9.17) is 0 Å².